The lowest BCUT2D eigenvalue weighted by molar-refractivity contribution is 0.704. The first-order valence-corrected chi connectivity index (χ1v) is 7.96. The lowest BCUT2D eigenvalue weighted by atomic mass is 10.1. The SMILES string of the molecule is C1=C(Nc2nc3ccc4ccccc4c3s2)CCCC1. The van der Waals surface area contributed by atoms with Crippen LogP contribution in [0.15, 0.2) is 48.2 Å². The number of aromatic nitrogens is 1. The summed E-state index contributed by atoms with van der Waals surface area (Å²) in [6.07, 6.45) is 7.25. The molecule has 0 saturated carbocycles. The molecule has 0 spiro atoms. The van der Waals surface area contributed by atoms with Crippen molar-refractivity contribution in [2.24, 2.45) is 0 Å². The predicted octanol–water partition coefficient (Wildman–Crippen LogP) is 5.32. The van der Waals surface area contributed by atoms with E-state index in [2.05, 4.69) is 47.8 Å². The maximum Gasteiger partial charge on any atom is 0.188 e. The van der Waals surface area contributed by atoms with Gasteiger partial charge in [0.2, 0.25) is 0 Å². The largest absolute Gasteiger partial charge is 0.336 e. The quantitative estimate of drug-likeness (QED) is 0.687. The summed E-state index contributed by atoms with van der Waals surface area (Å²) in [6, 6.07) is 12.8. The Morgan fingerprint density at radius 3 is 2.90 bits per heavy atom. The Labute approximate surface area is 122 Å². The topological polar surface area (TPSA) is 24.9 Å². The third-order valence-electron chi connectivity index (χ3n) is 3.84. The third kappa shape index (κ3) is 2.08. The van der Waals surface area contributed by atoms with Gasteiger partial charge in [-0.05, 0) is 37.1 Å². The number of allylic oxidation sites excluding steroid dienone is 2. The van der Waals surface area contributed by atoms with Gasteiger partial charge in [0.25, 0.3) is 0 Å². The zero-order valence-corrected chi connectivity index (χ0v) is 12.0. The number of nitrogens with zero attached hydrogens (tertiary/aromatic N) is 1. The van der Waals surface area contributed by atoms with Crippen molar-refractivity contribution in [1.29, 1.82) is 0 Å². The standard InChI is InChI=1S/C17H16N2S/c1-2-7-13(8-3-1)18-17-19-15-11-10-12-6-4-5-9-14(12)16(15)20-17/h4-7,9-11H,1-3,8H2,(H,18,19). The van der Waals surface area contributed by atoms with E-state index in [0.29, 0.717) is 0 Å². The third-order valence-corrected chi connectivity index (χ3v) is 4.86. The molecule has 2 aromatic carbocycles. The van der Waals surface area contributed by atoms with Gasteiger partial charge in [0, 0.05) is 11.1 Å². The van der Waals surface area contributed by atoms with Gasteiger partial charge in [0.15, 0.2) is 5.13 Å². The highest BCUT2D eigenvalue weighted by molar-refractivity contribution is 7.23. The average molecular weight is 280 g/mol. The van der Waals surface area contributed by atoms with Crippen LogP contribution in [0.1, 0.15) is 25.7 Å². The molecule has 2 nitrogen and oxygen atoms in total. The summed E-state index contributed by atoms with van der Waals surface area (Å²) >= 11 is 1.76. The molecule has 3 aromatic rings. The number of thiazole rings is 1. The van der Waals surface area contributed by atoms with Crippen molar-refractivity contribution in [3.63, 3.8) is 0 Å². The summed E-state index contributed by atoms with van der Waals surface area (Å²) in [6.45, 7) is 0. The van der Waals surface area contributed by atoms with E-state index < -0.39 is 0 Å². The lowest BCUT2D eigenvalue weighted by Gasteiger charge is -2.12. The van der Waals surface area contributed by atoms with E-state index in [1.165, 1.54) is 40.4 Å². The fraction of sp³-hybridized carbons (Fsp3) is 0.235. The van der Waals surface area contributed by atoms with E-state index in [1.807, 2.05) is 0 Å². The molecule has 0 amide bonds. The van der Waals surface area contributed by atoms with Crippen LogP contribution in [-0.4, -0.2) is 4.98 Å². The van der Waals surface area contributed by atoms with Gasteiger partial charge in [-0.15, -0.1) is 0 Å². The van der Waals surface area contributed by atoms with Crippen molar-refractivity contribution in [1.82, 2.24) is 4.98 Å². The Balaban J connectivity index is 1.78. The molecule has 1 aromatic heterocycles. The number of benzene rings is 2. The summed E-state index contributed by atoms with van der Waals surface area (Å²) < 4.78 is 1.28. The van der Waals surface area contributed by atoms with Crippen molar-refractivity contribution in [3.8, 4) is 0 Å². The van der Waals surface area contributed by atoms with Crippen LogP contribution in [0.2, 0.25) is 0 Å². The Kier molecular flexibility index (Phi) is 2.92. The van der Waals surface area contributed by atoms with Gasteiger partial charge >= 0.3 is 0 Å². The van der Waals surface area contributed by atoms with Crippen LogP contribution in [0, 0.1) is 0 Å². The van der Waals surface area contributed by atoms with Gasteiger partial charge in [-0.25, -0.2) is 4.98 Å². The summed E-state index contributed by atoms with van der Waals surface area (Å²) in [4.78, 5) is 4.72. The van der Waals surface area contributed by atoms with E-state index in [-0.39, 0.29) is 0 Å². The smallest absolute Gasteiger partial charge is 0.188 e. The predicted molar refractivity (Wildman–Crippen MR) is 87.3 cm³/mol. The van der Waals surface area contributed by atoms with Crippen molar-refractivity contribution in [2.75, 3.05) is 5.32 Å². The minimum Gasteiger partial charge on any atom is -0.336 e. The highest BCUT2D eigenvalue weighted by Gasteiger charge is 2.09. The first kappa shape index (κ1) is 11.9. The van der Waals surface area contributed by atoms with Crippen LogP contribution in [0.3, 0.4) is 0 Å². The van der Waals surface area contributed by atoms with Crippen LogP contribution in [0.25, 0.3) is 21.0 Å². The molecule has 1 aliphatic rings. The van der Waals surface area contributed by atoms with Crippen LogP contribution in [-0.2, 0) is 0 Å². The monoisotopic (exact) mass is 280 g/mol. The maximum absolute atomic E-state index is 4.72. The van der Waals surface area contributed by atoms with Crippen molar-refractivity contribution in [2.45, 2.75) is 25.7 Å². The first-order valence-electron chi connectivity index (χ1n) is 7.14. The van der Waals surface area contributed by atoms with Gasteiger partial charge in [0.05, 0.1) is 10.2 Å². The molecular weight excluding hydrogens is 264 g/mol. The molecule has 0 bridgehead atoms. The zero-order chi connectivity index (χ0) is 13.4. The van der Waals surface area contributed by atoms with Gasteiger partial charge in [-0.3, -0.25) is 0 Å². The fourth-order valence-electron chi connectivity index (χ4n) is 2.80. The molecule has 0 aliphatic heterocycles. The number of hydrogen-bond acceptors (Lipinski definition) is 3. The second kappa shape index (κ2) is 4.91. The van der Waals surface area contributed by atoms with E-state index in [4.69, 9.17) is 4.98 Å². The Bertz CT molecular complexity index is 801. The van der Waals surface area contributed by atoms with Crippen LogP contribution < -0.4 is 5.32 Å². The fourth-order valence-corrected chi connectivity index (χ4v) is 3.83. The molecule has 3 heteroatoms. The molecule has 0 fully saturated rings. The minimum absolute atomic E-state index is 1.02. The number of fused-ring (bicyclic) bond motifs is 3. The molecule has 0 atom stereocenters. The van der Waals surface area contributed by atoms with E-state index >= 15 is 0 Å². The van der Waals surface area contributed by atoms with Gasteiger partial charge in [-0.1, -0.05) is 47.7 Å². The molecule has 0 saturated heterocycles. The van der Waals surface area contributed by atoms with E-state index in [1.54, 1.807) is 11.3 Å². The number of anilines is 1. The molecular formula is C17H16N2S. The second-order valence-corrected chi connectivity index (χ2v) is 6.25. The summed E-state index contributed by atoms with van der Waals surface area (Å²) in [7, 11) is 0. The van der Waals surface area contributed by atoms with Crippen molar-refractivity contribution in [3.05, 3.63) is 48.2 Å². The molecule has 100 valence electrons. The molecule has 1 aliphatic carbocycles. The molecule has 20 heavy (non-hydrogen) atoms. The molecule has 4 rings (SSSR count). The van der Waals surface area contributed by atoms with Crippen molar-refractivity contribution < 1.29 is 0 Å². The Morgan fingerprint density at radius 1 is 1.05 bits per heavy atom. The molecule has 0 radical (unpaired) electrons. The number of nitrogens with one attached hydrogen (secondary N) is 1. The zero-order valence-electron chi connectivity index (χ0n) is 11.2. The lowest BCUT2D eigenvalue weighted by Crippen LogP contribution is -2.02. The van der Waals surface area contributed by atoms with Crippen LogP contribution in [0.5, 0.6) is 0 Å². The molecule has 0 unspecified atom stereocenters. The van der Waals surface area contributed by atoms with Gasteiger partial charge in [-0.2, -0.15) is 0 Å². The Hall–Kier alpha value is -1.87. The van der Waals surface area contributed by atoms with Crippen LogP contribution >= 0.6 is 11.3 Å². The minimum atomic E-state index is 1.02. The van der Waals surface area contributed by atoms with Crippen LogP contribution in [0.4, 0.5) is 5.13 Å². The van der Waals surface area contributed by atoms with Gasteiger partial charge in [0.1, 0.15) is 0 Å². The highest BCUT2D eigenvalue weighted by Crippen LogP contribution is 2.33. The average Bonchev–Trinajstić information content (AvgIpc) is 2.91. The molecule has 1 heterocycles. The maximum atomic E-state index is 4.72. The summed E-state index contributed by atoms with van der Waals surface area (Å²) in [5, 5.41) is 7.11. The van der Waals surface area contributed by atoms with E-state index in [9.17, 15) is 0 Å². The number of hydrogen-bond donors (Lipinski definition) is 1. The van der Waals surface area contributed by atoms with Crippen molar-refractivity contribution >= 4 is 37.5 Å². The molecule has 1 N–H and O–H groups in total. The Morgan fingerprint density at radius 2 is 2.00 bits per heavy atom. The van der Waals surface area contributed by atoms with Gasteiger partial charge < -0.3 is 5.32 Å². The first-order chi connectivity index (χ1) is 9.90. The number of rotatable bonds is 2. The summed E-state index contributed by atoms with van der Waals surface area (Å²) in [5.74, 6) is 0. The summed E-state index contributed by atoms with van der Waals surface area (Å²) in [5.41, 5.74) is 2.42. The highest BCUT2D eigenvalue weighted by atomic mass is 32.1. The second-order valence-electron chi connectivity index (χ2n) is 5.25. The van der Waals surface area contributed by atoms with E-state index in [0.717, 1.165) is 17.1 Å². The normalized spacial score (nSPS) is 15.5.